The summed E-state index contributed by atoms with van der Waals surface area (Å²) >= 11 is 0. The van der Waals surface area contributed by atoms with Gasteiger partial charge in [-0.1, -0.05) is 17.7 Å². The minimum Gasteiger partial charge on any atom is -0.251 e. The fourth-order valence-corrected chi connectivity index (χ4v) is 2.22. The lowest BCUT2D eigenvalue weighted by atomic mass is 10.1. The smallest absolute Gasteiger partial charge is 0.238 e. The summed E-state index contributed by atoms with van der Waals surface area (Å²) in [6.45, 7) is 1.39. The Morgan fingerprint density at radius 3 is 2.60 bits per heavy atom. The molecule has 0 aromatic heterocycles. The topological polar surface area (TPSA) is 60.2 Å². The van der Waals surface area contributed by atoms with Crippen molar-refractivity contribution in [1.82, 2.24) is 0 Å². The number of halogens is 1. The number of aryl methyl sites for hydroxylation is 2. The zero-order chi connectivity index (χ0) is 11.5. The molecule has 1 rings (SSSR count). The highest BCUT2D eigenvalue weighted by molar-refractivity contribution is 7.89. The zero-order valence-corrected chi connectivity index (χ0v) is 9.35. The number of hydrogen-bond acceptors (Lipinski definition) is 2. The van der Waals surface area contributed by atoms with Crippen LogP contribution in [0.4, 0.5) is 4.39 Å². The van der Waals surface area contributed by atoms with Gasteiger partial charge in [-0.2, -0.15) is 0 Å². The number of nitrogens with two attached hydrogens (primary N) is 1. The molecular formula is C10H14FNO2S. The van der Waals surface area contributed by atoms with E-state index in [4.69, 9.17) is 5.14 Å². The Kier molecular flexibility index (Phi) is 3.82. The molecule has 0 amide bonds. The molecule has 0 aliphatic carbocycles. The summed E-state index contributed by atoms with van der Waals surface area (Å²) < 4.78 is 34.5. The Labute approximate surface area is 89.2 Å². The van der Waals surface area contributed by atoms with Crippen molar-refractivity contribution in [2.75, 3.05) is 6.67 Å². The van der Waals surface area contributed by atoms with E-state index < -0.39 is 16.7 Å². The van der Waals surface area contributed by atoms with Crippen molar-refractivity contribution in [3.63, 3.8) is 0 Å². The fourth-order valence-electron chi connectivity index (χ4n) is 1.44. The Hall–Kier alpha value is -0.940. The third-order valence-corrected chi connectivity index (χ3v) is 3.11. The first-order chi connectivity index (χ1) is 6.95. The second-order valence-corrected chi connectivity index (χ2v) is 4.98. The van der Waals surface area contributed by atoms with Crippen LogP contribution in [0.5, 0.6) is 0 Å². The normalized spacial score (nSPS) is 11.7. The standard InChI is InChI=1S/C10H14FNO2S/c1-8-4-5-10(15(12,13)14)9(7-8)3-2-6-11/h4-5,7H,2-3,6H2,1H3,(H2,12,13,14). The summed E-state index contributed by atoms with van der Waals surface area (Å²) in [7, 11) is -3.70. The van der Waals surface area contributed by atoms with Crippen LogP contribution in [-0.2, 0) is 16.4 Å². The van der Waals surface area contributed by atoms with Crippen molar-refractivity contribution in [3.05, 3.63) is 29.3 Å². The second kappa shape index (κ2) is 4.72. The Morgan fingerprint density at radius 2 is 2.07 bits per heavy atom. The molecule has 15 heavy (non-hydrogen) atoms. The first-order valence-electron chi connectivity index (χ1n) is 4.63. The molecule has 5 heteroatoms. The minimum atomic E-state index is -3.70. The van der Waals surface area contributed by atoms with E-state index in [2.05, 4.69) is 0 Å². The molecular weight excluding hydrogens is 217 g/mol. The molecule has 1 aromatic carbocycles. The molecule has 0 unspecified atom stereocenters. The van der Waals surface area contributed by atoms with E-state index in [0.717, 1.165) is 5.56 Å². The highest BCUT2D eigenvalue weighted by atomic mass is 32.2. The van der Waals surface area contributed by atoms with Gasteiger partial charge in [0, 0.05) is 0 Å². The molecule has 0 radical (unpaired) electrons. The van der Waals surface area contributed by atoms with Crippen LogP contribution in [0, 0.1) is 6.92 Å². The molecule has 0 fully saturated rings. The number of sulfonamides is 1. The molecule has 0 saturated heterocycles. The third kappa shape index (κ3) is 3.28. The number of primary sulfonamides is 1. The van der Waals surface area contributed by atoms with Gasteiger partial charge in [-0.3, -0.25) is 4.39 Å². The van der Waals surface area contributed by atoms with Crippen molar-refractivity contribution in [3.8, 4) is 0 Å². The molecule has 1 aromatic rings. The number of rotatable bonds is 4. The van der Waals surface area contributed by atoms with Crippen LogP contribution < -0.4 is 5.14 Å². The van der Waals surface area contributed by atoms with Crippen molar-refractivity contribution < 1.29 is 12.8 Å². The molecule has 2 N–H and O–H groups in total. The maximum atomic E-state index is 12.0. The highest BCUT2D eigenvalue weighted by Gasteiger charge is 2.13. The van der Waals surface area contributed by atoms with Gasteiger partial charge in [0.2, 0.25) is 10.0 Å². The first-order valence-corrected chi connectivity index (χ1v) is 6.18. The average Bonchev–Trinajstić information content (AvgIpc) is 2.12. The van der Waals surface area contributed by atoms with E-state index in [9.17, 15) is 12.8 Å². The second-order valence-electron chi connectivity index (χ2n) is 3.45. The maximum absolute atomic E-state index is 12.0. The van der Waals surface area contributed by atoms with Crippen LogP contribution in [0.2, 0.25) is 0 Å². The van der Waals surface area contributed by atoms with Gasteiger partial charge >= 0.3 is 0 Å². The summed E-state index contributed by atoms with van der Waals surface area (Å²) in [6.07, 6.45) is 0.704. The SMILES string of the molecule is Cc1ccc(S(N)(=O)=O)c(CCCF)c1. The minimum absolute atomic E-state index is 0.0987. The van der Waals surface area contributed by atoms with Crippen LogP contribution in [0.15, 0.2) is 23.1 Å². The summed E-state index contributed by atoms with van der Waals surface area (Å²) in [5, 5.41) is 5.06. The van der Waals surface area contributed by atoms with Crippen molar-refractivity contribution in [2.24, 2.45) is 5.14 Å². The third-order valence-electron chi connectivity index (χ3n) is 2.10. The van der Waals surface area contributed by atoms with Gasteiger partial charge in [0.15, 0.2) is 0 Å². The Balaban J connectivity index is 3.15. The van der Waals surface area contributed by atoms with Gasteiger partial charge in [0.1, 0.15) is 0 Å². The van der Waals surface area contributed by atoms with Gasteiger partial charge in [-0.25, -0.2) is 13.6 Å². The molecule has 3 nitrogen and oxygen atoms in total. The molecule has 0 saturated carbocycles. The van der Waals surface area contributed by atoms with Crippen molar-refractivity contribution >= 4 is 10.0 Å². The van der Waals surface area contributed by atoms with Gasteiger partial charge in [0.05, 0.1) is 11.6 Å². The van der Waals surface area contributed by atoms with Gasteiger partial charge in [-0.15, -0.1) is 0 Å². The van der Waals surface area contributed by atoms with E-state index in [-0.39, 0.29) is 4.90 Å². The molecule has 0 atom stereocenters. The average molecular weight is 231 g/mol. The molecule has 0 aliphatic rings. The van der Waals surface area contributed by atoms with Gasteiger partial charge < -0.3 is 0 Å². The lowest BCUT2D eigenvalue weighted by Crippen LogP contribution is -2.14. The number of benzene rings is 1. The lowest BCUT2D eigenvalue weighted by molar-refractivity contribution is 0.471. The maximum Gasteiger partial charge on any atom is 0.238 e. The van der Waals surface area contributed by atoms with Crippen LogP contribution in [0.25, 0.3) is 0 Å². The van der Waals surface area contributed by atoms with Crippen LogP contribution in [0.3, 0.4) is 0 Å². The predicted octanol–water partition coefficient (Wildman–Crippen LogP) is 1.54. The van der Waals surface area contributed by atoms with Gasteiger partial charge in [0.25, 0.3) is 0 Å². The molecule has 84 valence electrons. The van der Waals surface area contributed by atoms with Crippen LogP contribution in [-0.4, -0.2) is 15.1 Å². The van der Waals surface area contributed by atoms with Crippen molar-refractivity contribution in [2.45, 2.75) is 24.7 Å². The van der Waals surface area contributed by atoms with E-state index in [1.807, 2.05) is 6.92 Å². The van der Waals surface area contributed by atoms with Crippen molar-refractivity contribution in [1.29, 1.82) is 0 Å². The van der Waals surface area contributed by atoms with E-state index in [1.54, 1.807) is 12.1 Å². The predicted molar refractivity (Wildman–Crippen MR) is 56.8 cm³/mol. The molecule has 0 aliphatic heterocycles. The highest BCUT2D eigenvalue weighted by Crippen LogP contribution is 2.17. The lowest BCUT2D eigenvalue weighted by Gasteiger charge is -2.07. The molecule has 0 heterocycles. The van der Waals surface area contributed by atoms with Crippen LogP contribution >= 0.6 is 0 Å². The Bertz CT molecular complexity index is 443. The molecule has 0 spiro atoms. The van der Waals surface area contributed by atoms with Crippen LogP contribution in [0.1, 0.15) is 17.5 Å². The van der Waals surface area contributed by atoms with Gasteiger partial charge in [-0.05, 0) is 31.4 Å². The Morgan fingerprint density at radius 1 is 1.40 bits per heavy atom. The van der Waals surface area contributed by atoms with E-state index in [0.29, 0.717) is 18.4 Å². The monoisotopic (exact) mass is 231 g/mol. The zero-order valence-electron chi connectivity index (χ0n) is 8.53. The van der Waals surface area contributed by atoms with E-state index >= 15 is 0 Å². The van der Waals surface area contributed by atoms with E-state index in [1.165, 1.54) is 6.07 Å². The summed E-state index contributed by atoms with van der Waals surface area (Å²) in [6, 6.07) is 4.88. The number of hydrogen-bond donors (Lipinski definition) is 1. The fraction of sp³-hybridized carbons (Fsp3) is 0.400. The summed E-state index contributed by atoms with van der Waals surface area (Å²) in [5.41, 5.74) is 1.53. The number of alkyl halides is 1. The molecule has 0 bridgehead atoms. The first kappa shape index (κ1) is 12.1. The summed E-state index contributed by atoms with van der Waals surface area (Å²) in [4.78, 5) is 0.0987. The quantitative estimate of drug-likeness (QED) is 0.854. The summed E-state index contributed by atoms with van der Waals surface area (Å²) in [5.74, 6) is 0. The largest absolute Gasteiger partial charge is 0.251 e.